The van der Waals surface area contributed by atoms with Gasteiger partial charge in [-0.05, 0) is 28.5 Å². The fraction of sp³-hybridized carbons (Fsp3) is 0.105. The first kappa shape index (κ1) is 13.4. The number of fused-ring (bicyclic) bond motifs is 1. The van der Waals surface area contributed by atoms with Crippen molar-refractivity contribution in [3.63, 3.8) is 0 Å². The highest BCUT2D eigenvalue weighted by Crippen LogP contribution is 2.42. The first-order chi connectivity index (χ1) is 10.8. The Labute approximate surface area is 133 Å². The average molecular weight is 305 g/mol. The number of benzene rings is 3. The van der Waals surface area contributed by atoms with Crippen LogP contribution in [-0.2, 0) is 4.79 Å². The number of hydrogen-bond acceptors (Lipinski definition) is 2. The fourth-order valence-electron chi connectivity index (χ4n) is 2.89. The van der Waals surface area contributed by atoms with E-state index >= 15 is 0 Å². The van der Waals surface area contributed by atoms with Gasteiger partial charge in [0.15, 0.2) is 0 Å². The summed E-state index contributed by atoms with van der Waals surface area (Å²) in [5.74, 6) is 0.709. The van der Waals surface area contributed by atoms with Crippen LogP contribution in [0.15, 0.2) is 72.8 Å². The van der Waals surface area contributed by atoms with Crippen molar-refractivity contribution in [1.82, 2.24) is 0 Å². The molecule has 1 aliphatic heterocycles. The van der Waals surface area contributed by atoms with Crippen LogP contribution in [0.1, 0.15) is 10.9 Å². The number of carbonyl (C=O) groups excluding carboxylic acids is 1. The van der Waals surface area contributed by atoms with Crippen molar-refractivity contribution in [1.29, 1.82) is 0 Å². The molecule has 3 heteroatoms. The van der Waals surface area contributed by atoms with Crippen LogP contribution in [-0.4, -0.2) is 11.7 Å². The third-order valence-electron chi connectivity index (χ3n) is 3.96. The zero-order chi connectivity index (χ0) is 14.9. The van der Waals surface area contributed by atoms with Crippen molar-refractivity contribution in [2.75, 3.05) is 10.7 Å². The average Bonchev–Trinajstić information content (AvgIpc) is 2.97. The quantitative estimate of drug-likeness (QED) is 0.688. The van der Waals surface area contributed by atoms with Crippen LogP contribution in [0.5, 0.6) is 0 Å². The molecule has 0 unspecified atom stereocenters. The van der Waals surface area contributed by atoms with E-state index in [1.165, 1.54) is 10.9 Å². The van der Waals surface area contributed by atoms with Crippen molar-refractivity contribution in [2.45, 2.75) is 5.37 Å². The minimum absolute atomic E-state index is 0.0647. The lowest BCUT2D eigenvalue weighted by Crippen LogP contribution is -2.27. The van der Waals surface area contributed by atoms with Gasteiger partial charge >= 0.3 is 0 Å². The van der Waals surface area contributed by atoms with Gasteiger partial charge in [-0.1, -0.05) is 60.7 Å². The van der Waals surface area contributed by atoms with Gasteiger partial charge in [0.05, 0.1) is 5.75 Å². The minimum Gasteiger partial charge on any atom is -0.295 e. The molecule has 3 aromatic rings. The lowest BCUT2D eigenvalue weighted by Gasteiger charge is -2.24. The summed E-state index contributed by atoms with van der Waals surface area (Å²) >= 11 is 1.69. The lowest BCUT2D eigenvalue weighted by molar-refractivity contribution is -0.115. The zero-order valence-electron chi connectivity index (χ0n) is 12.0. The van der Waals surface area contributed by atoms with E-state index in [-0.39, 0.29) is 11.3 Å². The van der Waals surface area contributed by atoms with E-state index in [0.717, 1.165) is 11.1 Å². The van der Waals surface area contributed by atoms with Crippen LogP contribution in [0, 0.1) is 0 Å². The van der Waals surface area contributed by atoms with Crippen molar-refractivity contribution in [3.8, 4) is 0 Å². The Morgan fingerprint density at radius 3 is 2.41 bits per heavy atom. The number of nitrogens with zero attached hydrogens (tertiary/aromatic N) is 1. The number of anilines is 1. The van der Waals surface area contributed by atoms with Crippen molar-refractivity contribution < 1.29 is 4.79 Å². The Morgan fingerprint density at radius 2 is 1.59 bits per heavy atom. The van der Waals surface area contributed by atoms with Gasteiger partial charge in [-0.15, -0.1) is 11.8 Å². The van der Waals surface area contributed by atoms with Crippen LogP contribution in [0.2, 0.25) is 0 Å². The molecule has 0 aromatic heterocycles. The van der Waals surface area contributed by atoms with Gasteiger partial charge < -0.3 is 0 Å². The van der Waals surface area contributed by atoms with Gasteiger partial charge in [-0.25, -0.2) is 0 Å². The topological polar surface area (TPSA) is 20.3 Å². The van der Waals surface area contributed by atoms with Gasteiger partial charge in [0.25, 0.3) is 0 Å². The summed E-state index contributed by atoms with van der Waals surface area (Å²) in [7, 11) is 0. The Bertz CT molecular complexity index is 831. The Balaban J connectivity index is 1.78. The second kappa shape index (κ2) is 5.50. The fourth-order valence-corrected chi connectivity index (χ4v) is 4.07. The molecular weight excluding hydrogens is 290 g/mol. The van der Waals surface area contributed by atoms with E-state index in [0.29, 0.717) is 5.75 Å². The van der Waals surface area contributed by atoms with Crippen LogP contribution < -0.4 is 4.90 Å². The molecule has 0 radical (unpaired) electrons. The van der Waals surface area contributed by atoms with Gasteiger partial charge in [0.2, 0.25) is 5.91 Å². The van der Waals surface area contributed by atoms with Gasteiger partial charge in [-0.2, -0.15) is 0 Å². The normalized spacial score (nSPS) is 18.1. The summed E-state index contributed by atoms with van der Waals surface area (Å²) < 4.78 is 0. The van der Waals surface area contributed by atoms with Crippen LogP contribution in [0.25, 0.3) is 10.8 Å². The summed E-state index contributed by atoms with van der Waals surface area (Å²) in [6.45, 7) is 0. The molecule has 0 bridgehead atoms. The molecule has 0 N–H and O–H groups in total. The molecule has 1 aliphatic rings. The summed E-state index contributed by atoms with van der Waals surface area (Å²) in [5, 5.41) is 2.42. The van der Waals surface area contributed by atoms with Crippen molar-refractivity contribution in [2.24, 2.45) is 0 Å². The van der Waals surface area contributed by atoms with E-state index in [1.807, 2.05) is 41.3 Å². The SMILES string of the molecule is O=C1CS[C@@H](c2ccccc2)N1c1ccc2ccccc2c1. The second-order valence-electron chi connectivity index (χ2n) is 5.37. The lowest BCUT2D eigenvalue weighted by atomic mass is 10.1. The standard InChI is InChI=1S/C19H15NOS/c21-18-13-22-19(15-7-2-1-3-8-15)20(18)17-11-10-14-6-4-5-9-16(14)12-17/h1-12,19H,13H2/t19-/m0/s1. The molecule has 0 aliphatic carbocycles. The van der Waals surface area contributed by atoms with Crippen LogP contribution in [0.3, 0.4) is 0 Å². The summed E-state index contributed by atoms with van der Waals surface area (Å²) in [5.41, 5.74) is 2.15. The van der Waals surface area contributed by atoms with Crippen molar-refractivity contribution in [3.05, 3.63) is 78.4 Å². The molecule has 0 saturated carbocycles. The highest BCUT2D eigenvalue weighted by molar-refractivity contribution is 8.00. The molecule has 108 valence electrons. The smallest absolute Gasteiger partial charge is 0.238 e. The van der Waals surface area contributed by atoms with Gasteiger partial charge in [0.1, 0.15) is 5.37 Å². The van der Waals surface area contributed by atoms with E-state index in [2.05, 4.69) is 36.4 Å². The highest BCUT2D eigenvalue weighted by Gasteiger charge is 2.33. The summed E-state index contributed by atoms with van der Waals surface area (Å²) in [6.07, 6.45) is 0. The van der Waals surface area contributed by atoms with Crippen LogP contribution >= 0.6 is 11.8 Å². The molecule has 1 heterocycles. The Kier molecular flexibility index (Phi) is 3.35. The minimum atomic E-state index is 0.0647. The third-order valence-corrected chi connectivity index (χ3v) is 5.18. The van der Waals surface area contributed by atoms with Crippen LogP contribution in [0.4, 0.5) is 5.69 Å². The Morgan fingerprint density at radius 1 is 0.864 bits per heavy atom. The largest absolute Gasteiger partial charge is 0.295 e. The molecule has 1 saturated heterocycles. The number of amides is 1. The molecule has 4 rings (SSSR count). The third kappa shape index (κ3) is 2.28. The maximum absolute atomic E-state index is 12.4. The monoisotopic (exact) mass is 305 g/mol. The zero-order valence-corrected chi connectivity index (χ0v) is 12.8. The van der Waals surface area contributed by atoms with E-state index in [9.17, 15) is 4.79 Å². The second-order valence-corrected chi connectivity index (χ2v) is 6.44. The summed E-state index contributed by atoms with van der Waals surface area (Å²) in [4.78, 5) is 14.3. The van der Waals surface area contributed by atoms with E-state index in [4.69, 9.17) is 0 Å². The molecule has 22 heavy (non-hydrogen) atoms. The molecule has 1 amide bonds. The molecule has 1 atom stereocenters. The van der Waals surface area contributed by atoms with E-state index < -0.39 is 0 Å². The first-order valence-electron chi connectivity index (χ1n) is 7.30. The molecule has 2 nitrogen and oxygen atoms in total. The predicted molar refractivity (Wildman–Crippen MR) is 93.1 cm³/mol. The maximum atomic E-state index is 12.4. The number of rotatable bonds is 2. The molecule has 3 aromatic carbocycles. The highest BCUT2D eigenvalue weighted by atomic mass is 32.2. The summed E-state index contributed by atoms with van der Waals surface area (Å²) in [6, 6.07) is 24.7. The van der Waals surface area contributed by atoms with Gasteiger partial charge in [-0.3, -0.25) is 9.69 Å². The van der Waals surface area contributed by atoms with Gasteiger partial charge in [0, 0.05) is 5.69 Å². The van der Waals surface area contributed by atoms with Crippen molar-refractivity contribution >= 4 is 34.1 Å². The number of thioether (sulfide) groups is 1. The van der Waals surface area contributed by atoms with E-state index in [1.54, 1.807) is 11.8 Å². The molecule has 0 spiro atoms. The first-order valence-corrected chi connectivity index (χ1v) is 8.35. The molecule has 1 fully saturated rings. The number of hydrogen-bond donors (Lipinski definition) is 0. The Hall–Kier alpha value is -2.26. The predicted octanol–water partition coefficient (Wildman–Crippen LogP) is 4.62. The molecular formula is C19H15NOS. The maximum Gasteiger partial charge on any atom is 0.238 e. The number of carbonyl (C=O) groups is 1.